The zero-order valence-corrected chi connectivity index (χ0v) is 29.1. The number of benzene rings is 1. The molecule has 1 aromatic carbocycles. The third kappa shape index (κ3) is 7.80. The molecule has 3 amide bonds. The molecule has 3 saturated carbocycles. The maximum absolute atomic E-state index is 13.6. The molecule has 3 aliphatic carbocycles. The topological polar surface area (TPSA) is 135 Å². The van der Waals surface area contributed by atoms with Gasteiger partial charge in [0.2, 0.25) is 11.8 Å². The van der Waals surface area contributed by atoms with Gasteiger partial charge in [-0.1, -0.05) is 20.3 Å². The van der Waals surface area contributed by atoms with Crippen LogP contribution in [0.1, 0.15) is 117 Å². The summed E-state index contributed by atoms with van der Waals surface area (Å²) in [5, 5.41) is 2.86. The number of hydrazine groups is 1. The Morgan fingerprint density at radius 1 is 1.04 bits per heavy atom. The monoisotopic (exact) mass is 652 g/mol. The van der Waals surface area contributed by atoms with Crippen molar-refractivity contribution in [2.24, 2.45) is 17.3 Å². The highest BCUT2D eigenvalue weighted by Crippen LogP contribution is 2.66. The molecule has 6 atom stereocenters. The number of likely N-dealkylation sites (tertiary alicyclic amines) is 1. The highest BCUT2D eigenvalue weighted by atomic mass is 16.7. The number of anilines is 1. The lowest BCUT2D eigenvalue weighted by Crippen LogP contribution is -2.65. The van der Waals surface area contributed by atoms with Crippen LogP contribution in [0.4, 0.5) is 5.69 Å². The Bertz CT molecular complexity index is 1330. The van der Waals surface area contributed by atoms with Crippen LogP contribution in [0, 0.1) is 17.3 Å². The van der Waals surface area contributed by atoms with E-state index < -0.39 is 18.8 Å². The van der Waals surface area contributed by atoms with Crippen LogP contribution in [-0.2, 0) is 28.4 Å². The Morgan fingerprint density at radius 3 is 2.43 bits per heavy atom. The summed E-state index contributed by atoms with van der Waals surface area (Å²) in [7, 11) is -0.445. The standard InChI is InChI=1S/C35H53BN4O7/c1-22(32(44)40-19-11-12-28(40)36-46-27-21-24-20-26(34(24,5)6)35(27,7)47-36)37-31(43)23-15-17-25(18-16-23)38-39-29(41)13-9-8-10-14-30(42)45-33(2,3)4/h15-18,22,24,26-28,38H,8-14,19-21H2,1-7H3,(H,37,43)(H,39,41)/t22-,24+,26+,27?,28+,35+/m1/s1. The van der Waals surface area contributed by atoms with Gasteiger partial charge in [0.15, 0.2) is 0 Å². The van der Waals surface area contributed by atoms with Gasteiger partial charge in [0.25, 0.3) is 5.91 Å². The molecule has 2 saturated heterocycles. The van der Waals surface area contributed by atoms with Crippen LogP contribution in [0.15, 0.2) is 24.3 Å². The van der Waals surface area contributed by atoms with Crippen molar-refractivity contribution in [3.05, 3.63) is 29.8 Å². The zero-order valence-electron chi connectivity index (χ0n) is 29.1. The van der Waals surface area contributed by atoms with Gasteiger partial charge in [-0.2, -0.15) is 0 Å². The lowest BCUT2D eigenvalue weighted by Gasteiger charge is -2.64. The molecule has 2 heterocycles. The predicted molar refractivity (Wildman–Crippen MR) is 179 cm³/mol. The fourth-order valence-electron chi connectivity index (χ4n) is 8.04. The SMILES string of the molecule is C[C@@H](NC(=O)c1ccc(NNC(=O)CCCCCC(=O)OC(C)(C)C)cc1)C(=O)N1CCC[C@H]1B1OC2C[C@@H]3C[C@@H](C3(C)C)[C@]2(C)O1. The van der Waals surface area contributed by atoms with Crippen LogP contribution in [-0.4, -0.2) is 71.5 Å². The van der Waals surface area contributed by atoms with Crippen LogP contribution in [0.5, 0.6) is 0 Å². The van der Waals surface area contributed by atoms with Crippen molar-refractivity contribution in [3.8, 4) is 0 Å². The molecule has 6 rings (SSSR count). The normalized spacial score (nSPS) is 28.1. The molecule has 0 aromatic heterocycles. The Balaban J connectivity index is 1.03. The van der Waals surface area contributed by atoms with Crippen molar-refractivity contribution in [1.29, 1.82) is 0 Å². The lowest BCUT2D eigenvalue weighted by atomic mass is 9.43. The first-order valence-corrected chi connectivity index (χ1v) is 17.4. The van der Waals surface area contributed by atoms with E-state index in [0.717, 1.165) is 25.7 Å². The molecule has 5 aliphatic rings. The number of ether oxygens (including phenoxy) is 1. The van der Waals surface area contributed by atoms with Gasteiger partial charge >= 0.3 is 13.1 Å². The first kappa shape index (κ1) is 35.2. The second-order valence-corrected chi connectivity index (χ2v) is 15.7. The van der Waals surface area contributed by atoms with Crippen molar-refractivity contribution in [1.82, 2.24) is 15.6 Å². The largest absolute Gasteiger partial charge is 0.481 e. The quantitative estimate of drug-likeness (QED) is 0.127. The van der Waals surface area contributed by atoms with E-state index in [9.17, 15) is 19.2 Å². The Hall–Kier alpha value is -3.12. The zero-order chi connectivity index (χ0) is 34.1. The van der Waals surface area contributed by atoms with E-state index in [1.807, 2.05) is 25.7 Å². The molecule has 11 nitrogen and oxygen atoms in total. The summed E-state index contributed by atoms with van der Waals surface area (Å²) in [6.45, 7) is 14.7. The highest BCUT2D eigenvalue weighted by Gasteiger charge is 2.69. The molecule has 1 aromatic rings. The Morgan fingerprint density at radius 2 is 1.74 bits per heavy atom. The van der Waals surface area contributed by atoms with Gasteiger partial charge in [0.1, 0.15) is 11.6 Å². The third-order valence-corrected chi connectivity index (χ3v) is 10.8. The Kier molecular flexibility index (Phi) is 10.3. The van der Waals surface area contributed by atoms with Crippen LogP contribution < -0.4 is 16.2 Å². The van der Waals surface area contributed by atoms with Crippen molar-refractivity contribution in [3.63, 3.8) is 0 Å². The van der Waals surface area contributed by atoms with Gasteiger partial charge in [-0.25, -0.2) is 0 Å². The molecule has 47 heavy (non-hydrogen) atoms. The highest BCUT2D eigenvalue weighted by molar-refractivity contribution is 6.48. The van der Waals surface area contributed by atoms with Gasteiger partial charge in [0, 0.05) is 24.9 Å². The molecule has 0 spiro atoms. The van der Waals surface area contributed by atoms with E-state index in [2.05, 4.69) is 36.9 Å². The summed E-state index contributed by atoms with van der Waals surface area (Å²) < 4.78 is 18.5. The molecule has 0 radical (unpaired) electrons. The van der Waals surface area contributed by atoms with Gasteiger partial charge in [-0.15, -0.1) is 0 Å². The summed E-state index contributed by atoms with van der Waals surface area (Å²) in [6, 6.07) is 5.96. The third-order valence-electron chi connectivity index (χ3n) is 10.8. The average molecular weight is 653 g/mol. The van der Waals surface area contributed by atoms with Crippen molar-refractivity contribution in [2.75, 3.05) is 12.0 Å². The number of carbonyl (C=O) groups excluding carboxylic acids is 4. The number of unbranched alkanes of at least 4 members (excludes halogenated alkanes) is 2. The van der Waals surface area contributed by atoms with Crippen LogP contribution >= 0.6 is 0 Å². The first-order valence-electron chi connectivity index (χ1n) is 17.4. The van der Waals surface area contributed by atoms with Crippen molar-refractivity contribution < 1.29 is 33.2 Å². The van der Waals surface area contributed by atoms with E-state index in [1.165, 1.54) is 6.42 Å². The minimum absolute atomic E-state index is 0.0620. The molecular weight excluding hydrogens is 599 g/mol. The molecule has 5 fully saturated rings. The minimum atomic E-state index is -0.713. The van der Waals surface area contributed by atoms with Gasteiger partial charge in [0.05, 0.1) is 23.3 Å². The number of hydrogen-bond acceptors (Lipinski definition) is 8. The van der Waals surface area contributed by atoms with E-state index in [0.29, 0.717) is 55.3 Å². The minimum Gasteiger partial charge on any atom is -0.460 e. The maximum atomic E-state index is 13.6. The molecule has 2 aliphatic heterocycles. The number of esters is 1. The van der Waals surface area contributed by atoms with E-state index in [1.54, 1.807) is 31.2 Å². The lowest BCUT2D eigenvalue weighted by molar-refractivity contribution is -0.199. The fraction of sp³-hybridized carbons (Fsp3) is 0.714. The second kappa shape index (κ2) is 13.8. The van der Waals surface area contributed by atoms with Gasteiger partial charge in [-0.3, -0.25) is 30.0 Å². The molecule has 3 N–H and O–H groups in total. The number of nitrogens with zero attached hydrogens (tertiary/aromatic N) is 1. The van der Waals surface area contributed by atoms with Crippen molar-refractivity contribution in [2.45, 2.75) is 136 Å². The maximum Gasteiger partial charge on any atom is 0.481 e. The van der Waals surface area contributed by atoms with Gasteiger partial charge in [-0.05, 0) is 115 Å². The molecule has 1 unspecified atom stereocenters. The second-order valence-electron chi connectivity index (χ2n) is 15.7. The van der Waals surface area contributed by atoms with Crippen LogP contribution in [0.3, 0.4) is 0 Å². The molecule has 2 bridgehead atoms. The van der Waals surface area contributed by atoms with Crippen molar-refractivity contribution >= 4 is 36.5 Å². The smallest absolute Gasteiger partial charge is 0.460 e. The van der Waals surface area contributed by atoms with Gasteiger partial charge < -0.3 is 24.3 Å². The fourth-order valence-corrected chi connectivity index (χ4v) is 8.04. The average Bonchev–Trinajstić information content (AvgIpc) is 3.63. The molecule has 12 heteroatoms. The van der Waals surface area contributed by atoms with E-state index >= 15 is 0 Å². The summed E-state index contributed by atoms with van der Waals surface area (Å²) in [5.74, 6) is 0.0757. The molecule has 258 valence electrons. The van der Waals surface area contributed by atoms with E-state index in [4.69, 9.17) is 14.0 Å². The first-order chi connectivity index (χ1) is 22.1. The number of rotatable bonds is 12. The number of carbonyl (C=O) groups is 4. The number of hydrogen-bond donors (Lipinski definition) is 3. The van der Waals surface area contributed by atoms with Crippen LogP contribution in [0.25, 0.3) is 0 Å². The number of nitrogens with one attached hydrogen (secondary N) is 3. The van der Waals surface area contributed by atoms with E-state index in [-0.39, 0.29) is 46.8 Å². The Labute approximate surface area is 279 Å². The van der Waals surface area contributed by atoms with Crippen LogP contribution in [0.2, 0.25) is 0 Å². The number of amides is 3. The summed E-state index contributed by atoms with van der Waals surface area (Å²) in [6.07, 6.45) is 6.67. The predicted octanol–water partition coefficient (Wildman–Crippen LogP) is 4.80. The molecular formula is C35H53BN4O7. The summed E-state index contributed by atoms with van der Waals surface area (Å²) in [4.78, 5) is 52.4. The summed E-state index contributed by atoms with van der Waals surface area (Å²) in [5.41, 5.74) is 5.99. The summed E-state index contributed by atoms with van der Waals surface area (Å²) >= 11 is 0.